The number of nitriles is 1. The number of hydrogen-bond donors (Lipinski definition) is 0. The number of fused-ring (bicyclic) bond motifs is 4. The van der Waals surface area contributed by atoms with Crippen LogP contribution in [0.1, 0.15) is 97.7 Å². The number of nitrogens with zero attached hydrogens (tertiary/aromatic N) is 18. The SMILES string of the molecule is COc1cccc(-c2cnc3c(CCc4cnc(-c5cccc(C)c5)c(C)c4)nccn23)c1.Cc1cccc(-c2ncc(CCc3nccn4c(-c5cccc(C#N)c5)cnc34)cc2C)c1.Cc1cccc(-c2ncc(CCc3nccn4c(-c5ccccc5)cnc34)cc2N(C)C)c1.Cc1cccc(N2CCC(CCc3nccn4c(-c5ccccc5)cnc34)CC2)c1. The average molecular weight is 1690 g/mol. The van der Waals surface area contributed by atoms with Crippen LogP contribution in [-0.2, 0) is 44.9 Å². The van der Waals surface area contributed by atoms with Gasteiger partial charge in [0.05, 0.1) is 112 Å². The minimum Gasteiger partial charge on any atom is -0.497 e. The van der Waals surface area contributed by atoms with Crippen LogP contribution in [0.2, 0.25) is 0 Å². The molecule has 20 rings (SSSR count). The monoisotopic (exact) mass is 1690 g/mol. The fraction of sp³-hybridized carbons (Fsp3) is 0.200. The minimum atomic E-state index is 0.633. The van der Waals surface area contributed by atoms with Crippen molar-refractivity contribution < 1.29 is 4.74 Å². The second-order valence-electron chi connectivity index (χ2n) is 33.5. The molecule has 1 saturated heterocycles. The van der Waals surface area contributed by atoms with Crippen molar-refractivity contribution in [3.05, 3.63) is 396 Å². The van der Waals surface area contributed by atoms with Crippen molar-refractivity contribution in [3.8, 4) is 90.6 Å². The molecule has 8 aromatic carbocycles. The van der Waals surface area contributed by atoms with Gasteiger partial charge >= 0.3 is 0 Å². The van der Waals surface area contributed by atoms with Crippen molar-refractivity contribution in [2.75, 3.05) is 44.1 Å². The Bertz CT molecular complexity index is 7170. The maximum absolute atomic E-state index is 9.22. The molecule has 1 aliphatic rings. The van der Waals surface area contributed by atoms with Crippen molar-refractivity contribution in [2.24, 2.45) is 5.92 Å². The van der Waals surface area contributed by atoms with Crippen LogP contribution in [0.4, 0.5) is 11.4 Å². The molecule has 19 nitrogen and oxygen atoms in total. The first-order valence-electron chi connectivity index (χ1n) is 44.2. The summed E-state index contributed by atoms with van der Waals surface area (Å²) in [5, 5.41) is 9.22. The highest BCUT2D eigenvalue weighted by atomic mass is 16.5. The second kappa shape index (κ2) is 39.8. The number of aryl methyl sites for hydroxylation is 13. The zero-order valence-electron chi connectivity index (χ0n) is 74.5. The van der Waals surface area contributed by atoms with E-state index in [0.717, 1.165) is 194 Å². The number of methoxy groups -OCH3 is 1. The van der Waals surface area contributed by atoms with Crippen molar-refractivity contribution in [1.82, 2.24) is 72.4 Å². The standard InChI is InChI=1S/C28H27N5.C28H23N5.C28H26N4O.C26H28N4/c1-20-8-7-11-23(16-20)27-25(32(2)3)17-21(18-30-27)12-13-24-28-31-19-26(33(28)15-14-29-24)22-9-5-4-6-10-22;1-19-5-3-8-24(13-19)27-20(2)14-22(17-31-27)9-10-25-28-32-18-26(33(28)12-11-30-25)23-7-4-6-21(15-23)16-29;1-19-6-4-8-23(14-19)27-20(2)15-21(17-30-27)10-11-25-28-31-18-26(32(28)13-12-29-25)22-7-5-9-24(16-22)33-3;1-20-6-5-9-23(18-20)29-15-12-21(13-16-29)10-11-24-26-28-19-25(30(26)17-14-27-24)22-7-3-2-4-8-22/h4-11,14-19H,12-13H2,1-3H3;3-8,11-15,17-18H,9-10H2,1-2H3;4-9,12-18H,10-11H2,1-3H3;2-9,14,17-19,21H,10-13,15-16H2,1H3. The first-order chi connectivity index (χ1) is 63.1. The quantitative estimate of drug-likeness (QED) is 0.0620. The van der Waals surface area contributed by atoms with E-state index in [1.807, 2.05) is 158 Å². The van der Waals surface area contributed by atoms with Crippen molar-refractivity contribution in [1.29, 1.82) is 5.26 Å². The smallest absolute Gasteiger partial charge is 0.159 e. The molecule has 19 aromatic rings. The maximum atomic E-state index is 9.22. The third-order valence-corrected chi connectivity index (χ3v) is 24.1. The Morgan fingerprint density at radius 3 is 1.14 bits per heavy atom. The molecule has 1 aliphatic heterocycles. The molecular formula is C110H104N18O. The van der Waals surface area contributed by atoms with Crippen LogP contribution in [0.5, 0.6) is 5.75 Å². The van der Waals surface area contributed by atoms with E-state index >= 15 is 0 Å². The number of anilines is 2. The molecule has 0 atom stereocenters. The molecule has 0 spiro atoms. The highest BCUT2D eigenvalue weighted by molar-refractivity contribution is 5.76. The molecule has 11 aromatic heterocycles. The predicted octanol–water partition coefficient (Wildman–Crippen LogP) is 22.8. The third-order valence-electron chi connectivity index (χ3n) is 24.1. The molecular weight excluding hydrogens is 1590 g/mol. The first-order valence-corrected chi connectivity index (χ1v) is 44.2. The van der Waals surface area contributed by atoms with Crippen LogP contribution in [0.25, 0.3) is 101 Å². The number of piperidine rings is 1. The molecule has 0 saturated carbocycles. The van der Waals surface area contributed by atoms with E-state index in [1.165, 1.54) is 80.6 Å². The van der Waals surface area contributed by atoms with E-state index in [1.54, 1.807) is 13.2 Å². The van der Waals surface area contributed by atoms with Crippen LogP contribution in [0.15, 0.2) is 317 Å². The lowest BCUT2D eigenvalue weighted by molar-refractivity contribution is 0.381. The van der Waals surface area contributed by atoms with Gasteiger partial charge in [-0.3, -0.25) is 52.5 Å². The Hall–Kier alpha value is -15.4. The van der Waals surface area contributed by atoms with E-state index in [-0.39, 0.29) is 0 Å². The summed E-state index contributed by atoms with van der Waals surface area (Å²) in [6.45, 7) is 15.0. The topological polar surface area (TPSA) is 199 Å². The highest BCUT2D eigenvalue weighted by Gasteiger charge is 2.23. The molecule has 0 unspecified atom stereocenters. The Morgan fingerprint density at radius 2 is 0.721 bits per heavy atom. The van der Waals surface area contributed by atoms with E-state index in [0.29, 0.717) is 5.56 Å². The highest BCUT2D eigenvalue weighted by Crippen LogP contribution is 2.35. The number of hydrogen-bond acceptors (Lipinski definition) is 15. The second-order valence-corrected chi connectivity index (χ2v) is 33.5. The van der Waals surface area contributed by atoms with Crippen LogP contribution >= 0.6 is 0 Å². The number of benzene rings is 8. The van der Waals surface area contributed by atoms with Crippen molar-refractivity contribution >= 4 is 34.0 Å². The average Bonchev–Trinajstić information content (AvgIpc) is 1.68. The lowest BCUT2D eigenvalue weighted by atomic mass is 9.91. The molecule has 19 heteroatoms. The lowest BCUT2D eigenvalue weighted by Crippen LogP contribution is -2.33. The van der Waals surface area contributed by atoms with Gasteiger partial charge in [0.15, 0.2) is 22.6 Å². The summed E-state index contributed by atoms with van der Waals surface area (Å²) in [6, 6.07) is 79.6. The molecule has 0 radical (unpaired) electrons. The molecule has 0 aliphatic carbocycles. The van der Waals surface area contributed by atoms with Crippen LogP contribution in [0, 0.1) is 58.8 Å². The van der Waals surface area contributed by atoms with Gasteiger partial charge in [0.25, 0.3) is 0 Å². The Morgan fingerprint density at radius 1 is 0.349 bits per heavy atom. The molecule has 0 N–H and O–H groups in total. The van der Waals surface area contributed by atoms with Gasteiger partial charge in [-0.15, -0.1) is 0 Å². The summed E-state index contributed by atoms with van der Waals surface area (Å²) in [7, 11) is 5.82. The van der Waals surface area contributed by atoms with Crippen LogP contribution in [0.3, 0.4) is 0 Å². The molecule has 129 heavy (non-hydrogen) atoms. The molecule has 12 heterocycles. The third kappa shape index (κ3) is 20.1. The molecule has 1 fully saturated rings. The fourth-order valence-corrected chi connectivity index (χ4v) is 17.3. The minimum absolute atomic E-state index is 0.633. The molecule has 640 valence electrons. The number of aromatic nitrogens is 15. The normalized spacial score (nSPS) is 12.0. The zero-order valence-corrected chi connectivity index (χ0v) is 74.5. The molecule has 0 amide bonds. The Kier molecular flexibility index (Phi) is 26.5. The molecule has 0 bridgehead atoms. The van der Waals surface area contributed by atoms with Gasteiger partial charge in [0.1, 0.15) is 5.75 Å². The van der Waals surface area contributed by atoms with Gasteiger partial charge < -0.3 is 14.5 Å². The summed E-state index contributed by atoms with van der Waals surface area (Å²) in [5.41, 5.74) is 36.8. The lowest BCUT2D eigenvalue weighted by Gasteiger charge is -2.33. The predicted molar refractivity (Wildman–Crippen MR) is 519 cm³/mol. The zero-order chi connectivity index (χ0) is 88.7. The van der Waals surface area contributed by atoms with E-state index < -0.39 is 0 Å². The van der Waals surface area contributed by atoms with Gasteiger partial charge in [-0.05, 0) is 206 Å². The van der Waals surface area contributed by atoms with Gasteiger partial charge in [0.2, 0.25) is 0 Å². The Balaban J connectivity index is 0.000000121. The maximum Gasteiger partial charge on any atom is 0.159 e. The summed E-state index contributed by atoms with van der Waals surface area (Å²) < 4.78 is 13.8. The summed E-state index contributed by atoms with van der Waals surface area (Å²) in [5.74, 6) is 1.59. The Labute approximate surface area is 754 Å². The van der Waals surface area contributed by atoms with E-state index in [4.69, 9.17) is 29.7 Å². The van der Waals surface area contributed by atoms with Gasteiger partial charge in [-0.25, -0.2) is 19.9 Å². The summed E-state index contributed by atoms with van der Waals surface area (Å²) >= 11 is 0. The summed E-state index contributed by atoms with van der Waals surface area (Å²) in [4.78, 5) is 56.3. The number of pyridine rings is 3. The largest absolute Gasteiger partial charge is 0.497 e. The first kappa shape index (κ1) is 85.7. The number of ether oxygens (including phenoxy) is 1. The fourth-order valence-electron chi connectivity index (χ4n) is 17.3. The van der Waals surface area contributed by atoms with E-state index in [9.17, 15) is 5.26 Å². The van der Waals surface area contributed by atoms with Gasteiger partial charge in [-0.1, -0.05) is 180 Å². The van der Waals surface area contributed by atoms with Crippen molar-refractivity contribution in [2.45, 2.75) is 106 Å². The summed E-state index contributed by atoms with van der Waals surface area (Å²) in [6.07, 6.45) is 38.5. The van der Waals surface area contributed by atoms with E-state index in [2.05, 4.69) is 272 Å². The van der Waals surface area contributed by atoms with Gasteiger partial charge in [-0.2, -0.15) is 5.26 Å². The van der Waals surface area contributed by atoms with Crippen LogP contribution in [-0.4, -0.2) is 107 Å². The number of imidazole rings is 4. The van der Waals surface area contributed by atoms with Crippen LogP contribution < -0.4 is 14.5 Å². The van der Waals surface area contributed by atoms with Gasteiger partial charge in [0, 0.05) is 140 Å². The van der Waals surface area contributed by atoms with Crippen molar-refractivity contribution in [3.63, 3.8) is 0 Å². The number of rotatable bonds is 22.